The summed E-state index contributed by atoms with van der Waals surface area (Å²) in [5.41, 5.74) is 9.80. The van der Waals surface area contributed by atoms with E-state index < -0.39 is 0 Å². The minimum atomic E-state index is 0.931. The summed E-state index contributed by atoms with van der Waals surface area (Å²) in [5.74, 6) is 0. The van der Waals surface area contributed by atoms with Crippen molar-refractivity contribution in [1.82, 2.24) is 0 Å². The first-order valence-corrected chi connectivity index (χ1v) is 7.04. The van der Waals surface area contributed by atoms with Gasteiger partial charge in [-0.1, -0.05) is 18.2 Å². The van der Waals surface area contributed by atoms with Crippen molar-refractivity contribution in [3.8, 4) is 22.3 Å². The minimum Gasteiger partial charge on any atom is -0.457 e. The SMILES string of the molecule is Cc1c(-c2cc3ccc2o3)cccc1-c1cc2ccc1o2. The molecule has 5 rings (SSSR count). The molecule has 0 atom stereocenters. The Labute approximate surface area is 121 Å². The van der Waals surface area contributed by atoms with Crippen LogP contribution in [0.1, 0.15) is 5.56 Å². The summed E-state index contributed by atoms with van der Waals surface area (Å²) in [6.07, 6.45) is 0. The second-order valence-electron chi connectivity index (χ2n) is 5.50. The molecule has 4 heterocycles. The lowest BCUT2D eigenvalue weighted by atomic mass is 9.93. The lowest BCUT2D eigenvalue weighted by molar-refractivity contribution is 0.675. The molecule has 21 heavy (non-hydrogen) atoms. The van der Waals surface area contributed by atoms with E-state index in [-0.39, 0.29) is 0 Å². The summed E-state index contributed by atoms with van der Waals surface area (Å²) < 4.78 is 11.4. The normalized spacial score (nSPS) is 12.0. The lowest BCUT2D eigenvalue weighted by Gasteiger charge is -2.10. The number of benzene rings is 3. The van der Waals surface area contributed by atoms with Crippen LogP contribution in [0, 0.1) is 6.92 Å². The third kappa shape index (κ3) is 1.42. The maximum absolute atomic E-state index is 5.68. The van der Waals surface area contributed by atoms with E-state index in [4.69, 9.17) is 8.83 Å². The fourth-order valence-electron chi connectivity index (χ4n) is 3.22. The molecule has 100 valence electrons. The average Bonchev–Trinajstić information content (AvgIpc) is 3.27. The smallest absolute Gasteiger partial charge is 0.135 e. The van der Waals surface area contributed by atoms with Crippen LogP contribution in [0.4, 0.5) is 0 Å². The van der Waals surface area contributed by atoms with Gasteiger partial charge in [-0.25, -0.2) is 0 Å². The number of rotatable bonds is 2. The fraction of sp³-hybridized carbons (Fsp3) is 0.0526. The first kappa shape index (κ1) is 11.0. The van der Waals surface area contributed by atoms with Crippen LogP contribution in [0.15, 0.2) is 63.4 Å². The molecule has 0 aliphatic heterocycles. The summed E-state index contributed by atoms with van der Waals surface area (Å²) in [4.78, 5) is 0. The molecule has 0 saturated heterocycles. The van der Waals surface area contributed by atoms with E-state index in [0.717, 1.165) is 22.3 Å². The van der Waals surface area contributed by atoms with E-state index >= 15 is 0 Å². The fourth-order valence-corrected chi connectivity index (χ4v) is 3.22. The van der Waals surface area contributed by atoms with Gasteiger partial charge in [0.2, 0.25) is 0 Å². The van der Waals surface area contributed by atoms with E-state index in [2.05, 4.69) is 37.3 Å². The largest absolute Gasteiger partial charge is 0.457 e. The van der Waals surface area contributed by atoms with Gasteiger partial charge in [-0.15, -0.1) is 0 Å². The van der Waals surface area contributed by atoms with E-state index in [1.54, 1.807) is 0 Å². The van der Waals surface area contributed by atoms with Crippen molar-refractivity contribution in [3.63, 3.8) is 0 Å². The van der Waals surface area contributed by atoms with Gasteiger partial charge < -0.3 is 8.83 Å². The van der Waals surface area contributed by atoms with Crippen molar-refractivity contribution in [3.05, 3.63) is 60.2 Å². The van der Waals surface area contributed by atoms with Crippen LogP contribution in [0.2, 0.25) is 0 Å². The Morgan fingerprint density at radius 3 is 1.52 bits per heavy atom. The Bertz CT molecular complexity index is 966. The van der Waals surface area contributed by atoms with Crippen LogP contribution in [-0.4, -0.2) is 0 Å². The Morgan fingerprint density at radius 1 is 0.619 bits per heavy atom. The van der Waals surface area contributed by atoms with Gasteiger partial charge in [0.25, 0.3) is 0 Å². The highest BCUT2D eigenvalue weighted by Crippen LogP contribution is 2.39. The molecule has 0 aliphatic carbocycles. The monoisotopic (exact) mass is 272 g/mol. The zero-order valence-corrected chi connectivity index (χ0v) is 11.5. The van der Waals surface area contributed by atoms with E-state index in [1.165, 1.54) is 27.8 Å². The molecule has 2 heteroatoms. The highest BCUT2D eigenvalue weighted by molar-refractivity contribution is 5.93. The van der Waals surface area contributed by atoms with Crippen molar-refractivity contribution in [1.29, 1.82) is 0 Å². The molecule has 1 aromatic carbocycles. The average molecular weight is 272 g/mol. The van der Waals surface area contributed by atoms with Crippen LogP contribution >= 0.6 is 0 Å². The highest BCUT2D eigenvalue weighted by Gasteiger charge is 2.16. The Balaban J connectivity index is 1.76. The predicted octanol–water partition coefficient (Wildman–Crippen LogP) is 5.70. The van der Waals surface area contributed by atoms with Crippen molar-refractivity contribution in [2.45, 2.75) is 6.92 Å². The van der Waals surface area contributed by atoms with Gasteiger partial charge in [0.15, 0.2) is 0 Å². The number of furan rings is 4. The summed E-state index contributed by atoms with van der Waals surface area (Å²) >= 11 is 0. The predicted molar refractivity (Wildman–Crippen MR) is 84.0 cm³/mol. The molecule has 0 saturated carbocycles. The van der Waals surface area contributed by atoms with Crippen LogP contribution < -0.4 is 0 Å². The quantitative estimate of drug-likeness (QED) is 0.412. The van der Waals surface area contributed by atoms with Crippen LogP contribution in [0.25, 0.3) is 44.6 Å². The molecular weight excluding hydrogens is 260 g/mol. The maximum atomic E-state index is 5.68. The molecule has 4 aromatic heterocycles. The first-order valence-electron chi connectivity index (χ1n) is 7.04. The number of fused-ring (bicyclic) bond motifs is 4. The molecule has 0 radical (unpaired) electrons. The zero-order chi connectivity index (χ0) is 14.0. The molecule has 0 fully saturated rings. The van der Waals surface area contributed by atoms with E-state index in [0.29, 0.717) is 0 Å². The van der Waals surface area contributed by atoms with Crippen molar-refractivity contribution in [2.24, 2.45) is 0 Å². The summed E-state index contributed by atoms with van der Waals surface area (Å²) in [5, 5.41) is 0. The van der Waals surface area contributed by atoms with E-state index in [9.17, 15) is 0 Å². The molecule has 0 spiro atoms. The third-order valence-corrected chi connectivity index (χ3v) is 4.27. The van der Waals surface area contributed by atoms with Crippen LogP contribution in [-0.2, 0) is 0 Å². The third-order valence-electron chi connectivity index (χ3n) is 4.27. The van der Waals surface area contributed by atoms with Gasteiger partial charge >= 0.3 is 0 Å². The Hall–Kier alpha value is -2.74. The Kier molecular flexibility index (Phi) is 1.92. The molecule has 0 amide bonds. The summed E-state index contributed by atoms with van der Waals surface area (Å²) in [7, 11) is 0. The van der Waals surface area contributed by atoms with Gasteiger partial charge in [-0.2, -0.15) is 0 Å². The molecular formula is C19H12O2. The summed E-state index contributed by atoms with van der Waals surface area (Å²) in [6.45, 7) is 2.16. The molecule has 0 aliphatic rings. The van der Waals surface area contributed by atoms with Crippen molar-refractivity contribution >= 4 is 22.3 Å². The standard InChI is InChI=1S/C19H12O2/c1-11-14(16-9-12-5-7-18(16)20-12)3-2-4-15(11)17-10-13-6-8-19(17)21-13/h2-10H,1H3. The topological polar surface area (TPSA) is 26.3 Å². The van der Waals surface area contributed by atoms with Gasteiger partial charge in [0, 0.05) is 11.1 Å². The zero-order valence-electron chi connectivity index (χ0n) is 11.5. The second kappa shape index (κ2) is 3.67. The van der Waals surface area contributed by atoms with Crippen molar-refractivity contribution in [2.75, 3.05) is 0 Å². The number of hydrogen-bond donors (Lipinski definition) is 0. The molecule has 4 bridgehead atoms. The summed E-state index contributed by atoms with van der Waals surface area (Å²) in [6, 6.07) is 18.7. The van der Waals surface area contributed by atoms with E-state index in [1.807, 2.05) is 24.3 Å². The minimum absolute atomic E-state index is 0.931. The van der Waals surface area contributed by atoms with Crippen molar-refractivity contribution < 1.29 is 8.83 Å². The number of hydrogen-bond acceptors (Lipinski definition) is 2. The molecule has 0 N–H and O–H groups in total. The Morgan fingerprint density at radius 2 is 1.14 bits per heavy atom. The van der Waals surface area contributed by atoms with Crippen LogP contribution in [0.5, 0.6) is 0 Å². The first-order chi connectivity index (χ1) is 10.3. The van der Waals surface area contributed by atoms with Gasteiger partial charge in [-0.05, 0) is 60.0 Å². The maximum Gasteiger partial charge on any atom is 0.135 e. The van der Waals surface area contributed by atoms with Gasteiger partial charge in [-0.3, -0.25) is 0 Å². The van der Waals surface area contributed by atoms with Gasteiger partial charge in [0.05, 0.1) is 0 Å². The lowest BCUT2D eigenvalue weighted by Crippen LogP contribution is -1.87. The molecule has 5 aromatic rings. The van der Waals surface area contributed by atoms with Gasteiger partial charge in [0.1, 0.15) is 22.3 Å². The second-order valence-corrected chi connectivity index (χ2v) is 5.50. The van der Waals surface area contributed by atoms with Crippen LogP contribution in [0.3, 0.4) is 0 Å². The molecule has 0 unspecified atom stereocenters. The highest BCUT2D eigenvalue weighted by atomic mass is 16.3. The molecule has 2 nitrogen and oxygen atoms in total.